The molecule has 5 aliphatic rings. The molecule has 5 aliphatic heterocycles. The van der Waals surface area contributed by atoms with Crippen LogP contribution in [0.1, 0.15) is 93.1 Å². The smallest absolute Gasteiger partial charge is 0.404 e. The van der Waals surface area contributed by atoms with E-state index >= 15 is 0 Å². The number of hydrogen-bond acceptors (Lipinski definition) is 20. The van der Waals surface area contributed by atoms with Gasteiger partial charge in [-0.1, -0.05) is 282 Å². The molecule has 2 aromatic heterocycles. The highest BCUT2D eigenvalue weighted by atomic mass is 28.4. The third-order valence-corrected chi connectivity index (χ3v) is 27.3. The standard InChI is InChI=1S/C27H32O3Si.C26H23F3N4O2.C19H17F3N4O2.C15H13F3N4.C11H14O3/c1-26(2,3)31(24-15-9-5-10-16-24,25-17-11-6-12-18-25)30-22-27(20-28-21-27)29-19-23-13-7-4-8-14-23;27-26(28,29)22-12-10-19(11-13-22)14-21-8-4-5-9-23(21)24-30-32-33(31-24)16-25(17-34-18-25)35-15-20-6-2-1-3-7-20;20-19(21,22)15-7-5-13(6-8-15)9-14-3-1-2-4-16(14)17-23-25-26(24-17)10-18(27)11-28-12-18;16-15(17,18)12-7-5-10(6-8-12)9-11-3-1-2-4-13(11)14-19-21-22-20-14;12-7-11(8-13-9-11)14-6-10-4-2-1-3-5-10/h4-18H,19-22H2,1-3H3;1-13H,14-18H2;1-8,27H,9-12H2;1-8,21-22H,9H2,(H,19,20);1-5,12H,6-9H2. The molecule has 5 N–H and O–H groups in total. The maximum absolute atomic E-state index is 12.9. The van der Waals surface area contributed by atoms with E-state index in [-0.39, 0.29) is 31.4 Å². The van der Waals surface area contributed by atoms with Crippen LogP contribution >= 0.6 is 0 Å². The highest BCUT2D eigenvalue weighted by molar-refractivity contribution is 6.99. The molecule has 7 heterocycles. The maximum Gasteiger partial charge on any atom is 0.416 e. The number of nitrogens with zero attached hydrogens (tertiary/aromatic N) is 9. The molecule has 4 saturated heterocycles. The zero-order valence-corrected chi connectivity index (χ0v) is 72.6. The van der Waals surface area contributed by atoms with E-state index in [1.54, 1.807) is 0 Å². The second kappa shape index (κ2) is 42.3. The van der Waals surface area contributed by atoms with Gasteiger partial charge in [0, 0.05) is 16.7 Å². The molecule has 18 rings (SSSR count). The molecule has 0 saturated carbocycles. The van der Waals surface area contributed by atoms with Crippen LogP contribution < -0.4 is 26.9 Å². The Hall–Kier alpha value is -12.0. The second-order valence-corrected chi connectivity index (χ2v) is 37.7. The topological polar surface area (TPSA) is 250 Å². The summed E-state index contributed by atoms with van der Waals surface area (Å²) in [4.78, 5) is 2.84. The highest BCUT2D eigenvalue weighted by Gasteiger charge is 2.53. The minimum absolute atomic E-state index is 0.0276. The molecule has 22 nitrogen and oxygen atoms in total. The number of aliphatic hydroxyl groups is 2. The normalized spacial score (nSPS) is 15.8. The summed E-state index contributed by atoms with van der Waals surface area (Å²) in [6.07, 6.45) is -11.6. The quantitative estimate of drug-likeness (QED) is 0.0226. The van der Waals surface area contributed by atoms with Gasteiger partial charge in [0.25, 0.3) is 8.32 Å². The van der Waals surface area contributed by atoms with Crippen molar-refractivity contribution in [2.75, 3.05) is 66.1 Å². The average Bonchev–Trinajstić information content (AvgIpc) is 1.10. The first-order chi connectivity index (χ1) is 62.6. The van der Waals surface area contributed by atoms with Gasteiger partial charge in [-0.3, -0.25) is 5.43 Å². The number of halogens is 9. The molecular weight excluding hydrogens is 1700 g/mol. The molecule has 4 fully saturated rings. The van der Waals surface area contributed by atoms with Crippen molar-refractivity contribution < 1.29 is 87.3 Å². The van der Waals surface area contributed by atoms with Crippen LogP contribution in [0, 0.1) is 0 Å². The number of ether oxygens (including phenoxy) is 7. The number of alkyl halides is 9. The summed E-state index contributed by atoms with van der Waals surface area (Å²) in [5.41, 5.74) is 14.6. The summed E-state index contributed by atoms with van der Waals surface area (Å²) < 4.78 is 161. The van der Waals surface area contributed by atoms with Crippen LogP contribution in [-0.4, -0.2) is 153 Å². The Morgan fingerprint density at radius 1 is 0.385 bits per heavy atom. The Bertz CT molecular complexity index is 5710. The largest absolute Gasteiger partial charge is 0.416 e. The van der Waals surface area contributed by atoms with Crippen LogP contribution in [0.15, 0.2) is 302 Å². The van der Waals surface area contributed by atoms with E-state index < -0.39 is 65.9 Å². The zero-order chi connectivity index (χ0) is 91.3. The van der Waals surface area contributed by atoms with Crippen molar-refractivity contribution in [3.05, 3.63) is 370 Å². The number of nitrogens with one attached hydrogen (secondary N) is 3. The highest BCUT2D eigenvalue weighted by Crippen LogP contribution is 2.40. The van der Waals surface area contributed by atoms with Gasteiger partial charge in [-0.15, -0.1) is 31.0 Å². The first kappa shape index (κ1) is 94.1. The number of amidine groups is 1. The summed E-state index contributed by atoms with van der Waals surface area (Å²) in [6, 6.07) is 89.6. The van der Waals surface area contributed by atoms with E-state index in [1.165, 1.54) is 61.9 Å². The van der Waals surface area contributed by atoms with Crippen LogP contribution in [-0.2, 0) is 108 Å². The average molecular weight is 1800 g/mol. The van der Waals surface area contributed by atoms with Gasteiger partial charge in [0.15, 0.2) is 5.84 Å². The lowest BCUT2D eigenvalue weighted by Gasteiger charge is -2.47. The molecule has 0 radical (unpaired) electrons. The molecular formula is C98H99F9N12O10Si. The van der Waals surface area contributed by atoms with Crippen molar-refractivity contribution in [3.63, 3.8) is 0 Å². The van der Waals surface area contributed by atoms with Gasteiger partial charge in [0.1, 0.15) is 22.4 Å². The van der Waals surface area contributed by atoms with E-state index in [0.717, 1.165) is 97.6 Å². The van der Waals surface area contributed by atoms with E-state index in [2.05, 4.69) is 146 Å². The Morgan fingerprint density at radius 2 is 0.715 bits per heavy atom. The summed E-state index contributed by atoms with van der Waals surface area (Å²) >= 11 is 0. The summed E-state index contributed by atoms with van der Waals surface area (Å²) in [5, 5.41) is 51.2. The molecule has 0 bridgehead atoms. The van der Waals surface area contributed by atoms with E-state index in [4.69, 9.17) is 42.7 Å². The van der Waals surface area contributed by atoms with Crippen molar-refractivity contribution in [3.8, 4) is 22.8 Å². The van der Waals surface area contributed by atoms with Crippen LogP contribution in [0.4, 0.5) is 39.5 Å². The zero-order valence-electron chi connectivity index (χ0n) is 71.6. The second-order valence-electron chi connectivity index (χ2n) is 33.4. The third kappa shape index (κ3) is 24.7. The SMILES string of the molecule is CC(C)(C)[Si](OCC1(OCc2ccccc2)COC1)(c1ccccc1)c1ccccc1.FC(F)(F)c1ccc(Cc2ccccc2-c2nnn(CC3(OCc4ccccc4)COC3)n2)cc1.FC(F)(F)c1ccc(Cc2ccccc2C2=NNNN2)cc1.OC1(Cn2nnc(-c3ccccc3Cc3ccc(C(F)(F)F)cc3)n2)COC1.OCC1(OCc2ccccc2)COC1. The van der Waals surface area contributed by atoms with Gasteiger partial charge in [-0.2, -0.15) is 49.1 Å². The molecule has 0 amide bonds. The molecule has 11 aromatic carbocycles. The van der Waals surface area contributed by atoms with Gasteiger partial charge in [-0.25, -0.2) is 5.53 Å². The number of aromatic nitrogens is 8. The molecule has 32 heteroatoms. The molecule has 0 spiro atoms. The summed E-state index contributed by atoms with van der Waals surface area (Å²) in [6.45, 7) is 13.1. The first-order valence-electron chi connectivity index (χ1n) is 42.1. The number of hydrazone groups is 1. The fourth-order valence-corrected chi connectivity index (χ4v) is 19.6. The van der Waals surface area contributed by atoms with E-state index in [1.807, 2.05) is 152 Å². The Labute approximate surface area is 747 Å². The van der Waals surface area contributed by atoms with E-state index in [0.29, 0.717) is 109 Å². The molecule has 130 heavy (non-hydrogen) atoms. The van der Waals surface area contributed by atoms with E-state index in [9.17, 15) is 44.6 Å². The predicted octanol–water partition coefficient (Wildman–Crippen LogP) is 15.7. The van der Waals surface area contributed by atoms with Crippen LogP contribution in [0.25, 0.3) is 22.8 Å². The number of rotatable bonds is 28. The fourth-order valence-electron chi connectivity index (χ4n) is 15.0. The monoisotopic (exact) mass is 1800 g/mol. The van der Waals surface area contributed by atoms with Crippen LogP contribution in [0.2, 0.25) is 5.04 Å². The minimum atomic E-state index is -4.35. The van der Waals surface area contributed by atoms with Crippen molar-refractivity contribution in [1.29, 1.82) is 0 Å². The van der Waals surface area contributed by atoms with Gasteiger partial charge in [0.05, 0.1) is 116 Å². The van der Waals surface area contributed by atoms with Crippen molar-refractivity contribution in [2.24, 2.45) is 5.10 Å². The number of benzene rings is 11. The van der Waals surface area contributed by atoms with Crippen molar-refractivity contribution >= 4 is 24.5 Å². The van der Waals surface area contributed by atoms with Crippen LogP contribution in [0.5, 0.6) is 0 Å². The van der Waals surface area contributed by atoms with Gasteiger partial charge < -0.3 is 47.8 Å². The summed E-state index contributed by atoms with van der Waals surface area (Å²) in [7, 11) is -2.59. The Balaban J connectivity index is 0.000000134. The number of hydrogen-bond donors (Lipinski definition) is 5. The van der Waals surface area contributed by atoms with Crippen molar-refractivity contribution in [1.82, 2.24) is 56.9 Å². The number of tetrazole rings is 2. The molecule has 0 atom stereocenters. The molecule has 0 unspecified atom stereocenters. The molecule has 678 valence electrons. The van der Waals surface area contributed by atoms with Crippen LogP contribution in [0.3, 0.4) is 0 Å². The molecule has 0 aliphatic carbocycles. The number of hydrazine groups is 2. The maximum atomic E-state index is 12.9. The molecule has 13 aromatic rings. The van der Waals surface area contributed by atoms with Gasteiger partial charge in [-0.05, 0) is 132 Å². The number of aliphatic hydroxyl groups excluding tert-OH is 1. The third-order valence-electron chi connectivity index (χ3n) is 22.3. The summed E-state index contributed by atoms with van der Waals surface area (Å²) in [5.74, 6) is 1.49. The van der Waals surface area contributed by atoms with Crippen molar-refractivity contribution in [2.45, 2.75) is 119 Å². The van der Waals surface area contributed by atoms with Gasteiger partial charge in [0.2, 0.25) is 11.6 Å². The van der Waals surface area contributed by atoms with Gasteiger partial charge >= 0.3 is 18.5 Å². The minimum Gasteiger partial charge on any atom is -0.404 e. The lowest BCUT2D eigenvalue weighted by molar-refractivity contribution is -0.230. The Kier molecular flexibility index (Phi) is 30.6. The predicted molar refractivity (Wildman–Crippen MR) is 472 cm³/mol. The fraction of sp³-hybridized carbons (Fsp3) is 0.296. The Morgan fingerprint density at radius 3 is 1.05 bits per heavy atom. The first-order valence-corrected chi connectivity index (χ1v) is 44.0. The lowest BCUT2D eigenvalue weighted by atomic mass is 9.98. The lowest BCUT2D eigenvalue weighted by Crippen LogP contribution is -2.69.